The lowest BCUT2D eigenvalue weighted by atomic mass is 10.3. The van der Waals surface area contributed by atoms with Crippen LogP contribution in [0.1, 0.15) is 0 Å². The minimum Gasteiger partial charge on any atom is -0.279 e. The van der Waals surface area contributed by atoms with Crippen molar-refractivity contribution in [2.24, 2.45) is 0 Å². The van der Waals surface area contributed by atoms with Crippen molar-refractivity contribution in [3.05, 3.63) is 52.5 Å². The number of hydrogen-bond acceptors (Lipinski definition) is 3. The van der Waals surface area contributed by atoms with Crippen molar-refractivity contribution in [1.29, 1.82) is 0 Å². The Morgan fingerprint density at radius 3 is 2.47 bits per heavy atom. The van der Waals surface area contributed by atoms with E-state index in [-0.39, 0.29) is 20.8 Å². The number of sulfonamides is 1. The average Bonchev–Trinajstić information content (AvgIpc) is 2.27. The lowest BCUT2D eigenvalue weighted by molar-refractivity contribution is 0.600. The first-order chi connectivity index (χ1) is 8.87. The summed E-state index contributed by atoms with van der Waals surface area (Å²) in [5.74, 6) is -0.639. The Morgan fingerprint density at radius 1 is 1.16 bits per heavy atom. The van der Waals surface area contributed by atoms with Gasteiger partial charge in [-0.15, -0.1) is 0 Å². The molecule has 8 heteroatoms. The molecule has 0 saturated heterocycles. The summed E-state index contributed by atoms with van der Waals surface area (Å²) in [5.41, 5.74) is 0.0277. The number of benzene rings is 1. The summed E-state index contributed by atoms with van der Waals surface area (Å²) in [7, 11) is -3.86. The van der Waals surface area contributed by atoms with E-state index in [0.29, 0.717) is 0 Å². The molecule has 4 nitrogen and oxygen atoms in total. The zero-order valence-electron chi connectivity index (χ0n) is 9.27. The van der Waals surface area contributed by atoms with Crippen LogP contribution in [0.4, 0.5) is 10.1 Å². The Bertz CT molecular complexity index is 685. The van der Waals surface area contributed by atoms with Crippen molar-refractivity contribution >= 4 is 38.9 Å². The molecule has 0 bridgehead atoms. The van der Waals surface area contributed by atoms with E-state index in [1.54, 1.807) is 0 Å². The normalized spacial score (nSPS) is 11.3. The molecule has 0 saturated carbocycles. The van der Waals surface area contributed by atoms with Crippen LogP contribution in [0.2, 0.25) is 10.2 Å². The monoisotopic (exact) mass is 320 g/mol. The van der Waals surface area contributed by atoms with Gasteiger partial charge in [-0.2, -0.15) is 0 Å². The lowest BCUT2D eigenvalue weighted by Gasteiger charge is -2.08. The fourth-order valence-electron chi connectivity index (χ4n) is 1.35. The van der Waals surface area contributed by atoms with Gasteiger partial charge in [-0.1, -0.05) is 23.2 Å². The number of aromatic nitrogens is 1. The van der Waals surface area contributed by atoms with E-state index < -0.39 is 15.8 Å². The van der Waals surface area contributed by atoms with E-state index in [2.05, 4.69) is 9.71 Å². The van der Waals surface area contributed by atoms with Crippen molar-refractivity contribution < 1.29 is 12.8 Å². The number of anilines is 1. The molecule has 0 radical (unpaired) electrons. The first-order valence-corrected chi connectivity index (χ1v) is 7.21. The maximum Gasteiger partial charge on any atom is 0.263 e. The maximum atomic E-state index is 13.1. The summed E-state index contributed by atoms with van der Waals surface area (Å²) in [4.78, 5) is 3.58. The molecular weight excluding hydrogens is 314 g/mol. The van der Waals surface area contributed by atoms with Crippen LogP contribution in [0.5, 0.6) is 0 Å². The van der Waals surface area contributed by atoms with E-state index in [0.717, 1.165) is 18.3 Å². The second-order valence-corrected chi connectivity index (χ2v) is 6.09. The molecule has 0 aliphatic carbocycles. The molecular formula is C11H7Cl2FN2O2S. The number of nitrogens with zero attached hydrogens (tertiary/aromatic N) is 1. The van der Waals surface area contributed by atoms with E-state index >= 15 is 0 Å². The number of pyridine rings is 1. The maximum absolute atomic E-state index is 13.1. The van der Waals surface area contributed by atoms with Gasteiger partial charge in [-0.05, 0) is 30.3 Å². The third kappa shape index (κ3) is 3.56. The van der Waals surface area contributed by atoms with Gasteiger partial charge >= 0.3 is 0 Å². The van der Waals surface area contributed by atoms with Crippen LogP contribution in [0, 0.1) is 5.82 Å². The summed E-state index contributed by atoms with van der Waals surface area (Å²) < 4.78 is 39.3. The molecule has 0 aliphatic rings. The number of halogens is 3. The van der Waals surface area contributed by atoms with Crippen molar-refractivity contribution in [3.8, 4) is 0 Å². The molecule has 19 heavy (non-hydrogen) atoms. The summed E-state index contributed by atoms with van der Waals surface area (Å²) in [6.07, 6.45) is 1.10. The first-order valence-electron chi connectivity index (χ1n) is 4.97. The standard InChI is InChI=1S/C11H7Cl2FN2O2S/c12-7-3-8(14)5-9(4-7)16-19(17,18)10-1-2-11(13)15-6-10/h1-6,16H. The van der Waals surface area contributed by atoms with Gasteiger partial charge in [0.25, 0.3) is 10.0 Å². The minimum atomic E-state index is -3.86. The molecule has 0 spiro atoms. The Morgan fingerprint density at radius 2 is 1.89 bits per heavy atom. The van der Waals surface area contributed by atoms with E-state index in [1.165, 1.54) is 18.2 Å². The van der Waals surface area contributed by atoms with Crippen LogP contribution in [0.3, 0.4) is 0 Å². The molecule has 0 aliphatic heterocycles. The zero-order valence-corrected chi connectivity index (χ0v) is 11.6. The summed E-state index contributed by atoms with van der Waals surface area (Å²) >= 11 is 11.2. The van der Waals surface area contributed by atoms with Gasteiger partial charge < -0.3 is 0 Å². The van der Waals surface area contributed by atoms with Crippen LogP contribution in [-0.2, 0) is 10.0 Å². The van der Waals surface area contributed by atoms with E-state index in [1.807, 2.05) is 0 Å². The third-order valence-corrected chi connectivity index (χ3v) is 3.93. The van der Waals surface area contributed by atoms with Crippen molar-refractivity contribution in [3.63, 3.8) is 0 Å². The predicted molar refractivity (Wildman–Crippen MR) is 71.5 cm³/mol. The van der Waals surface area contributed by atoms with Crippen LogP contribution < -0.4 is 4.72 Å². The average molecular weight is 321 g/mol. The van der Waals surface area contributed by atoms with Crippen LogP contribution in [0.15, 0.2) is 41.4 Å². The van der Waals surface area contributed by atoms with Gasteiger partial charge in [0.2, 0.25) is 0 Å². The van der Waals surface area contributed by atoms with Crippen molar-refractivity contribution in [1.82, 2.24) is 4.98 Å². The quantitative estimate of drug-likeness (QED) is 0.882. The van der Waals surface area contributed by atoms with E-state index in [4.69, 9.17) is 23.2 Å². The SMILES string of the molecule is O=S(=O)(Nc1cc(F)cc(Cl)c1)c1ccc(Cl)nc1. The van der Waals surface area contributed by atoms with Crippen LogP contribution in [-0.4, -0.2) is 13.4 Å². The zero-order chi connectivity index (χ0) is 14.0. The number of hydrogen-bond donors (Lipinski definition) is 1. The summed E-state index contributed by atoms with van der Waals surface area (Å²) in [5, 5.41) is 0.264. The molecule has 0 atom stereocenters. The van der Waals surface area contributed by atoms with Gasteiger partial charge in [0.1, 0.15) is 15.9 Å². The predicted octanol–water partition coefficient (Wildman–Crippen LogP) is 3.33. The molecule has 1 aromatic heterocycles. The summed E-state index contributed by atoms with van der Waals surface area (Å²) in [6.45, 7) is 0. The molecule has 1 aromatic carbocycles. The van der Waals surface area contributed by atoms with E-state index in [9.17, 15) is 12.8 Å². The Labute approximate surface area is 119 Å². The fourth-order valence-corrected chi connectivity index (χ4v) is 2.67. The highest BCUT2D eigenvalue weighted by molar-refractivity contribution is 7.92. The van der Waals surface area contributed by atoms with Gasteiger partial charge in [0.05, 0.1) is 5.69 Å². The van der Waals surface area contributed by atoms with Crippen molar-refractivity contribution in [2.45, 2.75) is 4.90 Å². The molecule has 2 aromatic rings. The molecule has 100 valence electrons. The van der Waals surface area contributed by atoms with Gasteiger partial charge in [0, 0.05) is 11.2 Å². The van der Waals surface area contributed by atoms with Crippen LogP contribution >= 0.6 is 23.2 Å². The first kappa shape index (κ1) is 14.0. The molecule has 2 rings (SSSR count). The fraction of sp³-hybridized carbons (Fsp3) is 0. The van der Waals surface area contributed by atoms with Gasteiger partial charge in [-0.25, -0.2) is 17.8 Å². The topological polar surface area (TPSA) is 59.1 Å². The Balaban J connectivity index is 2.33. The minimum absolute atomic E-state index is 0.0277. The van der Waals surface area contributed by atoms with Crippen LogP contribution in [0.25, 0.3) is 0 Å². The third-order valence-electron chi connectivity index (χ3n) is 2.13. The highest BCUT2D eigenvalue weighted by Gasteiger charge is 2.15. The molecule has 0 amide bonds. The largest absolute Gasteiger partial charge is 0.279 e. The van der Waals surface area contributed by atoms with Gasteiger partial charge in [-0.3, -0.25) is 4.72 Å². The Kier molecular flexibility index (Phi) is 3.93. The Hall–Kier alpha value is -1.37. The molecule has 1 heterocycles. The second kappa shape index (κ2) is 5.32. The van der Waals surface area contributed by atoms with Crippen molar-refractivity contribution in [2.75, 3.05) is 4.72 Å². The smallest absolute Gasteiger partial charge is 0.263 e. The summed E-state index contributed by atoms with van der Waals surface area (Å²) in [6, 6.07) is 6.02. The number of nitrogens with one attached hydrogen (secondary N) is 1. The molecule has 0 unspecified atom stereocenters. The number of rotatable bonds is 3. The highest BCUT2D eigenvalue weighted by Crippen LogP contribution is 2.21. The second-order valence-electron chi connectivity index (χ2n) is 3.58. The highest BCUT2D eigenvalue weighted by atomic mass is 35.5. The van der Waals surface area contributed by atoms with Gasteiger partial charge in [0.15, 0.2) is 0 Å². The lowest BCUT2D eigenvalue weighted by Crippen LogP contribution is -2.13. The molecule has 0 fully saturated rings. The molecule has 1 N–H and O–H groups in total.